The minimum absolute atomic E-state index is 0.243. The molecule has 0 radical (unpaired) electrons. The molecule has 1 atom stereocenters. The van der Waals surface area contributed by atoms with Crippen molar-refractivity contribution in [1.29, 1.82) is 0 Å². The molecule has 0 aromatic heterocycles. The molecule has 0 amide bonds. The van der Waals surface area contributed by atoms with Crippen LogP contribution in [0.25, 0.3) is 4.85 Å². The number of rotatable bonds is 4. The number of sulfone groups is 1. The Labute approximate surface area is 96.8 Å². The molecule has 0 saturated carbocycles. The van der Waals surface area contributed by atoms with Gasteiger partial charge in [0.1, 0.15) is 0 Å². The molecular formula is C12H15NO2S. The maximum atomic E-state index is 12.1. The van der Waals surface area contributed by atoms with Crippen LogP contribution in [0.3, 0.4) is 0 Å². The number of hydrogen-bond acceptors (Lipinski definition) is 2. The first-order chi connectivity index (χ1) is 7.52. The van der Waals surface area contributed by atoms with Gasteiger partial charge in [0.2, 0.25) is 0 Å². The number of hydrogen-bond donors (Lipinski definition) is 0. The second-order valence-corrected chi connectivity index (χ2v) is 5.84. The van der Waals surface area contributed by atoms with E-state index >= 15 is 0 Å². The van der Waals surface area contributed by atoms with E-state index in [1.165, 1.54) is 0 Å². The summed E-state index contributed by atoms with van der Waals surface area (Å²) in [7, 11) is -3.48. The maximum Gasteiger partial charge on any atom is 0.325 e. The number of benzene rings is 1. The van der Waals surface area contributed by atoms with Crippen LogP contribution in [-0.2, 0) is 9.84 Å². The summed E-state index contributed by atoms with van der Waals surface area (Å²) in [5.41, 5.74) is 1.01. The van der Waals surface area contributed by atoms with Crippen molar-refractivity contribution < 1.29 is 8.42 Å². The highest BCUT2D eigenvalue weighted by Gasteiger charge is 2.31. The van der Waals surface area contributed by atoms with Gasteiger partial charge in [0, 0.05) is 6.42 Å². The van der Waals surface area contributed by atoms with Gasteiger partial charge in [-0.15, -0.1) is 0 Å². The molecule has 0 unspecified atom stereocenters. The van der Waals surface area contributed by atoms with Crippen LogP contribution in [0.15, 0.2) is 29.2 Å². The first kappa shape index (κ1) is 12.7. The van der Waals surface area contributed by atoms with E-state index in [0.717, 1.165) is 5.56 Å². The first-order valence-electron chi connectivity index (χ1n) is 5.19. The highest BCUT2D eigenvalue weighted by Crippen LogP contribution is 2.20. The highest BCUT2D eigenvalue weighted by atomic mass is 32.2. The lowest BCUT2D eigenvalue weighted by Gasteiger charge is -2.06. The van der Waals surface area contributed by atoms with Crippen LogP contribution in [0.2, 0.25) is 0 Å². The van der Waals surface area contributed by atoms with Gasteiger partial charge in [-0.2, -0.15) is 0 Å². The molecule has 1 aromatic rings. The van der Waals surface area contributed by atoms with E-state index in [-0.39, 0.29) is 4.90 Å². The summed E-state index contributed by atoms with van der Waals surface area (Å²) in [6.07, 6.45) is 1.08. The molecule has 0 fully saturated rings. The van der Waals surface area contributed by atoms with E-state index in [2.05, 4.69) is 4.85 Å². The fraction of sp³-hybridized carbons (Fsp3) is 0.417. The minimum atomic E-state index is -3.48. The Hall–Kier alpha value is -1.34. The Bertz CT molecular complexity index is 483. The van der Waals surface area contributed by atoms with Crippen LogP contribution in [0.5, 0.6) is 0 Å². The molecule has 0 saturated heterocycles. The average molecular weight is 237 g/mol. The second-order valence-electron chi connectivity index (χ2n) is 3.73. The van der Waals surface area contributed by atoms with Crippen LogP contribution in [-0.4, -0.2) is 13.8 Å². The number of aryl methyl sites for hydroxylation is 1. The zero-order valence-corrected chi connectivity index (χ0v) is 10.3. The van der Waals surface area contributed by atoms with Gasteiger partial charge in [-0.05, 0) is 25.5 Å². The summed E-state index contributed by atoms with van der Waals surface area (Å²) in [4.78, 5) is 3.45. The van der Waals surface area contributed by atoms with Crippen molar-refractivity contribution in [3.8, 4) is 0 Å². The van der Waals surface area contributed by atoms with Gasteiger partial charge >= 0.3 is 5.37 Å². The fourth-order valence-corrected chi connectivity index (χ4v) is 2.94. The summed E-state index contributed by atoms with van der Waals surface area (Å²) >= 11 is 0. The zero-order valence-electron chi connectivity index (χ0n) is 9.47. The lowest BCUT2D eigenvalue weighted by molar-refractivity contribution is 0.582. The SMILES string of the molecule is [C-]#[N+][C@H](CCC)S(=O)(=O)c1ccc(C)cc1. The third kappa shape index (κ3) is 2.61. The van der Waals surface area contributed by atoms with Crippen LogP contribution in [0, 0.1) is 13.5 Å². The van der Waals surface area contributed by atoms with Crippen LogP contribution >= 0.6 is 0 Å². The lowest BCUT2D eigenvalue weighted by Crippen LogP contribution is -2.17. The van der Waals surface area contributed by atoms with Crippen molar-refractivity contribution in [2.75, 3.05) is 0 Å². The standard InChI is InChI=1S/C12H15NO2S/c1-4-5-12(13-3)16(14,15)11-8-6-10(2)7-9-11/h6-9,12H,4-5H2,1-2H3/t12-/m0/s1. The Morgan fingerprint density at radius 1 is 1.31 bits per heavy atom. The molecule has 0 spiro atoms. The van der Waals surface area contributed by atoms with Crippen molar-refractivity contribution >= 4 is 9.84 Å². The van der Waals surface area contributed by atoms with Crippen molar-refractivity contribution in [2.45, 2.75) is 37.0 Å². The van der Waals surface area contributed by atoms with Gasteiger partial charge in [-0.3, -0.25) is 4.85 Å². The van der Waals surface area contributed by atoms with Gasteiger partial charge in [0.25, 0.3) is 9.84 Å². The highest BCUT2D eigenvalue weighted by molar-refractivity contribution is 7.92. The first-order valence-corrected chi connectivity index (χ1v) is 6.74. The van der Waals surface area contributed by atoms with E-state index in [1.807, 2.05) is 13.8 Å². The van der Waals surface area contributed by atoms with Crippen molar-refractivity contribution in [3.05, 3.63) is 41.2 Å². The molecule has 0 heterocycles. The molecule has 1 aromatic carbocycles. The smallest absolute Gasteiger partial charge is 0.296 e. The fourth-order valence-electron chi connectivity index (χ4n) is 1.42. The average Bonchev–Trinajstić information content (AvgIpc) is 2.26. The summed E-state index contributed by atoms with van der Waals surface area (Å²) < 4.78 is 24.1. The Morgan fingerprint density at radius 3 is 2.31 bits per heavy atom. The topological polar surface area (TPSA) is 38.5 Å². The summed E-state index contributed by atoms with van der Waals surface area (Å²) in [6.45, 7) is 10.7. The number of nitrogens with zero attached hydrogens (tertiary/aromatic N) is 1. The van der Waals surface area contributed by atoms with E-state index in [4.69, 9.17) is 6.57 Å². The molecule has 86 valence electrons. The Kier molecular flexibility index (Phi) is 4.08. The van der Waals surface area contributed by atoms with Crippen molar-refractivity contribution in [3.63, 3.8) is 0 Å². The third-order valence-corrected chi connectivity index (χ3v) is 4.37. The normalized spacial score (nSPS) is 13.1. The lowest BCUT2D eigenvalue weighted by atomic mass is 10.2. The Balaban J connectivity index is 3.11. The van der Waals surface area contributed by atoms with Gasteiger partial charge in [-0.25, -0.2) is 15.0 Å². The third-order valence-electron chi connectivity index (χ3n) is 2.39. The monoisotopic (exact) mass is 237 g/mol. The second kappa shape index (κ2) is 5.13. The van der Waals surface area contributed by atoms with Crippen LogP contribution < -0.4 is 0 Å². The molecule has 3 nitrogen and oxygen atoms in total. The summed E-state index contributed by atoms with van der Waals surface area (Å²) in [6, 6.07) is 6.64. The summed E-state index contributed by atoms with van der Waals surface area (Å²) in [5.74, 6) is 0. The van der Waals surface area contributed by atoms with Gasteiger partial charge in [-0.1, -0.05) is 24.6 Å². The van der Waals surface area contributed by atoms with Gasteiger partial charge < -0.3 is 0 Å². The van der Waals surface area contributed by atoms with Crippen molar-refractivity contribution in [1.82, 2.24) is 0 Å². The Morgan fingerprint density at radius 2 is 1.88 bits per heavy atom. The maximum absolute atomic E-state index is 12.1. The minimum Gasteiger partial charge on any atom is -0.296 e. The molecule has 0 bridgehead atoms. The van der Waals surface area contributed by atoms with E-state index in [0.29, 0.717) is 12.8 Å². The quantitative estimate of drug-likeness (QED) is 0.755. The molecule has 0 aliphatic carbocycles. The predicted molar refractivity (Wildman–Crippen MR) is 63.7 cm³/mol. The molecule has 0 aliphatic rings. The molecule has 0 N–H and O–H groups in total. The van der Waals surface area contributed by atoms with E-state index < -0.39 is 15.2 Å². The molecule has 0 aliphatic heterocycles. The molecule has 1 rings (SSSR count). The van der Waals surface area contributed by atoms with Gasteiger partial charge in [0.15, 0.2) is 0 Å². The zero-order chi connectivity index (χ0) is 12.2. The molecular weight excluding hydrogens is 222 g/mol. The van der Waals surface area contributed by atoms with E-state index in [9.17, 15) is 8.42 Å². The summed E-state index contributed by atoms with van der Waals surface area (Å²) in [5, 5.41) is -0.944. The van der Waals surface area contributed by atoms with Crippen LogP contribution in [0.1, 0.15) is 25.3 Å². The van der Waals surface area contributed by atoms with Gasteiger partial charge in [0.05, 0.1) is 4.90 Å². The molecule has 16 heavy (non-hydrogen) atoms. The largest absolute Gasteiger partial charge is 0.325 e. The van der Waals surface area contributed by atoms with Crippen molar-refractivity contribution in [2.24, 2.45) is 0 Å². The van der Waals surface area contributed by atoms with Crippen LogP contribution in [0.4, 0.5) is 0 Å². The van der Waals surface area contributed by atoms with E-state index in [1.54, 1.807) is 24.3 Å². The molecule has 4 heteroatoms. The predicted octanol–water partition coefficient (Wildman–Crippen LogP) is 2.81.